The summed E-state index contributed by atoms with van der Waals surface area (Å²) in [6.07, 6.45) is 5.27. The first-order valence-electron chi connectivity index (χ1n) is 10.3. The van der Waals surface area contributed by atoms with Crippen LogP contribution in [0, 0.1) is 5.41 Å². The lowest BCUT2D eigenvalue weighted by molar-refractivity contribution is 0.276. The van der Waals surface area contributed by atoms with Crippen molar-refractivity contribution in [3.8, 4) is 22.4 Å². The molecule has 2 aromatic carbocycles. The Hall–Kier alpha value is -4.03. The van der Waals surface area contributed by atoms with Crippen molar-refractivity contribution in [3.63, 3.8) is 0 Å². The summed E-state index contributed by atoms with van der Waals surface area (Å²) in [4.78, 5) is 8.97. The van der Waals surface area contributed by atoms with Gasteiger partial charge in [0.15, 0.2) is 0 Å². The van der Waals surface area contributed by atoms with E-state index in [4.69, 9.17) is 16.1 Å². The van der Waals surface area contributed by atoms with Crippen LogP contribution in [0.15, 0.2) is 85.3 Å². The molecule has 4 aromatic rings. The van der Waals surface area contributed by atoms with Gasteiger partial charge in [-0.05, 0) is 48.4 Å². The maximum absolute atomic E-state index is 9.96. The fraction of sp³-hybridized carbons (Fsp3) is 0.115. The zero-order valence-corrected chi connectivity index (χ0v) is 17.8. The van der Waals surface area contributed by atoms with Crippen molar-refractivity contribution in [2.45, 2.75) is 13.0 Å². The van der Waals surface area contributed by atoms with Gasteiger partial charge in [-0.1, -0.05) is 36.4 Å². The van der Waals surface area contributed by atoms with E-state index in [9.17, 15) is 5.11 Å². The van der Waals surface area contributed by atoms with Crippen LogP contribution in [0.25, 0.3) is 22.4 Å². The summed E-state index contributed by atoms with van der Waals surface area (Å²) in [6.45, 7) is 1.67. The number of hydrogen-bond acceptors (Lipinski definition) is 6. The summed E-state index contributed by atoms with van der Waals surface area (Å²) >= 11 is 0. The summed E-state index contributed by atoms with van der Waals surface area (Å²) < 4.78 is 0. The predicted octanol–water partition coefficient (Wildman–Crippen LogP) is 4.93. The van der Waals surface area contributed by atoms with Gasteiger partial charge in [0.2, 0.25) is 0 Å². The Morgan fingerprint density at radius 1 is 1.03 bits per heavy atom. The first-order chi connectivity index (χ1) is 15.6. The van der Waals surface area contributed by atoms with Crippen LogP contribution in [-0.2, 0) is 0 Å². The molecule has 160 valence electrons. The number of aliphatic hydroxyl groups excluding tert-OH is 1. The second-order valence-corrected chi connectivity index (χ2v) is 7.58. The highest BCUT2D eigenvalue weighted by Crippen LogP contribution is 2.34. The number of nitrogen functional groups attached to an aromatic ring is 1. The number of rotatable bonds is 7. The van der Waals surface area contributed by atoms with Gasteiger partial charge in [-0.25, -0.2) is 0 Å². The molecule has 6 heteroatoms. The van der Waals surface area contributed by atoms with Crippen molar-refractivity contribution in [1.29, 1.82) is 5.41 Å². The zero-order chi connectivity index (χ0) is 22.5. The van der Waals surface area contributed by atoms with Crippen molar-refractivity contribution in [2.75, 3.05) is 17.7 Å². The summed E-state index contributed by atoms with van der Waals surface area (Å²) in [5.74, 6) is 0. The molecule has 0 saturated carbocycles. The Bertz CT molecular complexity index is 1230. The number of nitrogens with one attached hydrogen (secondary N) is 2. The monoisotopic (exact) mass is 423 g/mol. The number of aliphatic hydroxyl groups is 1. The molecule has 0 bridgehead atoms. The molecule has 1 unspecified atom stereocenters. The maximum atomic E-state index is 9.96. The fourth-order valence-corrected chi connectivity index (χ4v) is 3.67. The SMILES string of the molecule is CC(=N)c1cc(-c2cc(NC(CO)c3ccccc3)cnc2-c2cccnc2)ccc1N. The van der Waals surface area contributed by atoms with Crippen LogP contribution in [0.2, 0.25) is 0 Å². The van der Waals surface area contributed by atoms with E-state index in [2.05, 4.69) is 10.3 Å². The van der Waals surface area contributed by atoms with E-state index in [0.717, 1.165) is 33.6 Å². The second-order valence-electron chi connectivity index (χ2n) is 7.58. The maximum Gasteiger partial charge on any atom is 0.0797 e. The van der Waals surface area contributed by atoms with Gasteiger partial charge in [0, 0.05) is 40.5 Å². The standard InChI is InChI=1S/C26H25N5O/c1-17(27)22-12-19(9-10-24(22)28)23-13-21(15-30-26(23)20-8-5-11-29-14-20)31-25(16-32)18-6-3-2-4-7-18/h2-15,25,27,31-32H,16,28H2,1H3. The molecule has 0 aliphatic rings. The Morgan fingerprint density at radius 2 is 1.84 bits per heavy atom. The van der Waals surface area contributed by atoms with Gasteiger partial charge in [0.25, 0.3) is 0 Å². The lowest BCUT2D eigenvalue weighted by Crippen LogP contribution is -2.15. The van der Waals surface area contributed by atoms with Gasteiger partial charge in [-0.2, -0.15) is 0 Å². The Kier molecular flexibility index (Phi) is 6.24. The minimum absolute atomic E-state index is 0.0529. The number of hydrogen-bond donors (Lipinski definition) is 4. The molecule has 0 aliphatic heterocycles. The third-order valence-electron chi connectivity index (χ3n) is 5.32. The second kappa shape index (κ2) is 9.41. The smallest absolute Gasteiger partial charge is 0.0797 e. The number of pyridine rings is 2. The highest BCUT2D eigenvalue weighted by Gasteiger charge is 2.15. The van der Waals surface area contributed by atoms with Crippen LogP contribution in [-0.4, -0.2) is 27.4 Å². The fourth-order valence-electron chi connectivity index (χ4n) is 3.67. The van der Waals surface area contributed by atoms with E-state index < -0.39 is 0 Å². The van der Waals surface area contributed by atoms with E-state index in [-0.39, 0.29) is 12.6 Å². The molecular formula is C26H25N5O. The first kappa shape index (κ1) is 21.2. The van der Waals surface area contributed by atoms with Crippen LogP contribution in [0.1, 0.15) is 24.1 Å². The highest BCUT2D eigenvalue weighted by molar-refractivity contribution is 6.02. The summed E-state index contributed by atoms with van der Waals surface area (Å²) in [7, 11) is 0. The normalized spacial score (nSPS) is 11.7. The number of nitrogens with two attached hydrogens (primary N) is 1. The Balaban J connectivity index is 1.81. The molecule has 2 heterocycles. The largest absolute Gasteiger partial charge is 0.398 e. The van der Waals surface area contributed by atoms with Crippen molar-refractivity contribution in [1.82, 2.24) is 9.97 Å². The van der Waals surface area contributed by atoms with E-state index in [1.165, 1.54) is 0 Å². The molecule has 32 heavy (non-hydrogen) atoms. The molecule has 0 spiro atoms. The van der Waals surface area contributed by atoms with Gasteiger partial charge in [0.05, 0.1) is 30.2 Å². The van der Waals surface area contributed by atoms with Crippen LogP contribution in [0.5, 0.6) is 0 Å². The van der Waals surface area contributed by atoms with E-state index in [1.807, 2.05) is 66.7 Å². The van der Waals surface area contributed by atoms with Crippen molar-refractivity contribution in [2.24, 2.45) is 0 Å². The first-order valence-corrected chi connectivity index (χ1v) is 10.3. The minimum atomic E-state index is -0.263. The van der Waals surface area contributed by atoms with E-state index >= 15 is 0 Å². The van der Waals surface area contributed by atoms with Gasteiger partial charge >= 0.3 is 0 Å². The lowest BCUT2D eigenvalue weighted by Gasteiger charge is -2.20. The van der Waals surface area contributed by atoms with Crippen LogP contribution >= 0.6 is 0 Å². The average molecular weight is 424 g/mol. The van der Waals surface area contributed by atoms with Crippen LogP contribution < -0.4 is 11.1 Å². The van der Waals surface area contributed by atoms with Gasteiger partial charge in [-0.3, -0.25) is 9.97 Å². The quantitative estimate of drug-likeness (QED) is 0.249. The van der Waals surface area contributed by atoms with Crippen molar-refractivity contribution in [3.05, 3.63) is 96.4 Å². The van der Waals surface area contributed by atoms with Gasteiger partial charge in [-0.15, -0.1) is 0 Å². The number of anilines is 2. The molecule has 0 saturated heterocycles. The van der Waals surface area contributed by atoms with Crippen LogP contribution in [0.4, 0.5) is 11.4 Å². The number of aromatic nitrogens is 2. The topological polar surface area (TPSA) is 108 Å². The third kappa shape index (κ3) is 4.50. The number of nitrogens with zero attached hydrogens (tertiary/aromatic N) is 2. The third-order valence-corrected chi connectivity index (χ3v) is 5.32. The molecule has 6 nitrogen and oxygen atoms in total. The Morgan fingerprint density at radius 3 is 2.53 bits per heavy atom. The minimum Gasteiger partial charge on any atom is -0.398 e. The summed E-state index contributed by atoms with van der Waals surface area (Å²) in [5.41, 5.74) is 13.0. The van der Waals surface area contributed by atoms with Gasteiger partial charge < -0.3 is 21.6 Å². The molecule has 5 N–H and O–H groups in total. The molecule has 0 aliphatic carbocycles. The van der Waals surface area contributed by atoms with E-state index in [1.54, 1.807) is 25.5 Å². The molecule has 1 atom stereocenters. The molecular weight excluding hydrogens is 398 g/mol. The molecule has 0 radical (unpaired) electrons. The number of benzene rings is 2. The molecule has 2 aromatic heterocycles. The predicted molar refractivity (Wildman–Crippen MR) is 130 cm³/mol. The Labute approximate surface area is 187 Å². The zero-order valence-electron chi connectivity index (χ0n) is 17.8. The average Bonchev–Trinajstić information content (AvgIpc) is 2.83. The molecule has 0 fully saturated rings. The summed E-state index contributed by atoms with van der Waals surface area (Å²) in [5, 5.41) is 21.4. The van der Waals surface area contributed by atoms with Crippen molar-refractivity contribution >= 4 is 17.1 Å². The summed E-state index contributed by atoms with van der Waals surface area (Å²) in [6, 6.07) is 21.1. The van der Waals surface area contributed by atoms with E-state index in [0.29, 0.717) is 17.0 Å². The lowest BCUT2D eigenvalue weighted by atomic mass is 9.96. The highest BCUT2D eigenvalue weighted by atomic mass is 16.3. The molecule has 0 amide bonds. The van der Waals surface area contributed by atoms with Crippen molar-refractivity contribution < 1.29 is 5.11 Å². The van der Waals surface area contributed by atoms with Gasteiger partial charge in [0.1, 0.15) is 0 Å². The molecule has 4 rings (SSSR count). The van der Waals surface area contributed by atoms with Crippen LogP contribution in [0.3, 0.4) is 0 Å².